The van der Waals surface area contributed by atoms with Crippen LogP contribution in [0.4, 0.5) is 0 Å². The Morgan fingerprint density at radius 1 is 1.25 bits per heavy atom. The number of nitrogens with one attached hydrogen (secondary N) is 1. The first kappa shape index (κ1) is 14.6. The van der Waals surface area contributed by atoms with Gasteiger partial charge in [-0.2, -0.15) is 0 Å². The molecule has 1 N–H and O–H groups in total. The van der Waals surface area contributed by atoms with Crippen molar-refractivity contribution in [3.8, 4) is 5.88 Å². The molecule has 4 nitrogen and oxygen atoms in total. The van der Waals surface area contributed by atoms with Crippen molar-refractivity contribution in [2.75, 3.05) is 0 Å². The average Bonchev–Trinajstić information content (AvgIpc) is 2.83. The van der Waals surface area contributed by atoms with Crippen LogP contribution in [0.5, 0.6) is 5.88 Å². The summed E-state index contributed by atoms with van der Waals surface area (Å²) in [5.74, 6) is 2.56. The van der Waals surface area contributed by atoms with Crippen molar-refractivity contribution in [1.29, 1.82) is 0 Å². The molecule has 0 bridgehead atoms. The van der Waals surface area contributed by atoms with Gasteiger partial charge in [-0.1, -0.05) is 6.07 Å². The third-order valence-corrected chi connectivity index (χ3v) is 2.98. The van der Waals surface area contributed by atoms with Crippen molar-refractivity contribution in [2.45, 2.75) is 46.4 Å². The summed E-state index contributed by atoms with van der Waals surface area (Å²) in [6, 6.07) is 8.08. The Balaban J connectivity index is 2.00. The predicted molar refractivity (Wildman–Crippen MR) is 78.7 cm³/mol. The van der Waals surface area contributed by atoms with E-state index in [1.165, 1.54) is 0 Å². The molecule has 0 aliphatic carbocycles. The first-order valence-electron chi connectivity index (χ1n) is 6.96. The van der Waals surface area contributed by atoms with Gasteiger partial charge in [0.05, 0.1) is 12.1 Å². The van der Waals surface area contributed by atoms with Gasteiger partial charge in [-0.25, -0.2) is 4.98 Å². The predicted octanol–water partition coefficient (Wildman–Crippen LogP) is 3.62. The molecule has 20 heavy (non-hydrogen) atoms. The van der Waals surface area contributed by atoms with E-state index in [0.717, 1.165) is 17.1 Å². The highest BCUT2D eigenvalue weighted by atomic mass is 16.5. The summed E-state index contributed by atoms with van der Waals surface area (Å²) in [6.07, 6.45) is 1.87. The van der Waals surface area contributed by atoms with Gasteiger partial charge < -0.3 is 14.5 Å². The van der Waals surface area contributed by atoms with Gasteiger partial charge in [0.2, 0.25) is 5.88 Å². The molecule has 4 heteroatoms. The maximum atomic E-state index is 5.71. The summed E-state index contributed by atoms with van der Waals surface area (Å²) in [7, 11) is 0. The van der Waals surface area contributed by atoms with Crippen molar-refractivity contribution in [2.24, 2.45) is 0 Å². The van der Waals surface area contributed by atoms with E-state index in [1.807, 2.05) is 45.0 Å². The molecule has 0 saturated carbocycles. The lowest BCUT2D eigenvalue weighted by Gasteiger charge is -2.15. The van der Waals surface area contributed by atoms with Crippen molar-refractivity contribution in [3.05, 3.63) is 47.5 Å². The Kier molecular flexibility index (Phi) is 4.79. The van der Waals surface area contributed by atoms with E-state index in [4.69, 9.17) is 9.15 Å². The lowest BCUT2D eigenvalue weighted by Crippen LogP contribution is -2.19. The van der Waals surface area contributed by atoms with Crippen LogP contribution in [0.1, 0.15) is 43.9 Å². The number of rotatable bonds is 6. The van der Waals surface area contributed by atoms with E-state index < -0.39 is 0 Å². The zero-order chi connectivity index (χ0) is 14.5. The van der Waals surface area contributed by atoms with Crippen molar-refractivity contribution >= 4 is 0 Å². The topological polar surface area (TPSA) is 47.3 Å². The van der Waals surface area contributed by atoms with E-state index in [9.17, 15) is 0 Å². The fraction of sp³-hybridized carbons (Fsp3) is 0.438. The number of nitrogens with zero attached hydrogens (tertiary/aromatic N) is 1. The molecular weight excluding hydrogens is 252 g/mol. The number of aromatic nitrogens is 1. The Morgan fingerprint density at radius 3 is 2.70 bits per heavy atom. The van der Waals surface area contributed by atoms with E-state index in [2.05, 4.69) is 17.2 Å². The molecule has 0 fully saturated rings. The summed E-state index contributed by atoms with van der Waals surface area (Å²) in [6.45, 7) is 8.72. The van der Waals surface area contributed by atoms with Crippen LogP contribution in [0, 0.1) is 6.92 Å². The molecule has 1 unspecified atom stereocenters. The van der Waals surface area contributed by atoms with Crippen LogP contribution in [0.3, 0.4) is 0 Å². The monoisotopic (exact) mass is 274 g/mol. The third-order valence-electron chi connectivity index (χ3n) is 2.98. The van der Waals surface area contributed by atoms with E-state index >= 15 is 0 Å². The summed E-state index contributed by atoms with van der Waals surface area (Å²) in [5.41, 5.74) is 1.05. The van der Waals surface area contributed by atoms with Crippen molar-refractivity contribution in [1.82, 2.24) is 10.3 Å². The second-order valence-electron chi connectivity index (χ2n) is 5.19. The molecule has 0 saturated heterocycles. The van der Waals surface area contributed by atoms with Crippen LogP contribution in [0.15, 0.2) is 34.9 Å². The van der Waals surface area contributed by atoms with Crippen LogP contribution in [-0.2, 0) is 6.54 Å². The molecule has 1 atom stereocenters. The first-order chi connectivity index (χ1) is 9.56. The largest absolute Gasteiger partial charge is 0.475 e. The lowest BCUT2D eigenvalue weighted by atomic mass is 10.2. The van der Waals surface area contributed by atoms with Gasteiger partial charge in [-0.15, -0.1) is 0 Å². The number of ether oxygens (including phenoxy) is 1. The van der Waals surface area contributed by atoms with Crippen LogP contribution in [-0.4, -0.2) is 11.1 Å². The molecule has 0 radical (unpaired) electrons. The van der Waals surface area contributed by atoms with E-state index in [-0.39, 0.29) is 12.1 Å². The maximum absolute atomic E-state index is 5.71. The minimum Gasteiger partial charge on any atom is -0.475 e. The summed E-state index contributed by atoms with van der Waals surface area (Å²) < 4.78 is 11.3. The molecule has 2 heterocycles. The normalized spacial score (nSPS) is 12.7. The van der Waals surface area contributed by atoms with E-state index in [0.29, 0.717) is 12.4 Å². The fourth-order valence-corrected chi connectivity index (χ4v) is 1.94. The molecule has 2 rings (SSSR count). The Bertz CT molecular complexity index is 549. The number of hydrogen-bond donors (Lipinski definition) is 1. The molecule has 108 valence electrons. The molecule has 0 aromatic carbocycles. The van der Waals surface area contributed by atoms with Crippen LogP contribution >= 0.6 is 0 Å². The number of aryl methyl sites for hydroxylation is 1. The van der Waals surface area contributed by atoms with Crippen LogP contribution < -0.4 is 10.1 Å². The zero-order valence-corrected chi connectivity index (χ0v) is 12.5. The van der Waals surface area contributed by atoms with Gasteiger partial charge in [0.1, 0.15) is 11.5 Å². The van der Waals surface area contributed by atoms with E-state index in [1.54, 1.807) is 6.20 Å². The number of hydrogen-bond acceptors (Lipinski definition) is 4. The molecule has 2 aromatic heterocycles. The molecule has 0 aliphatic heterocycles. The van der Waals surface area contributed by atoms with Gasteiger partial charge in [-0.3, -0.25) is 0 Å². The average molecular weight is 274 g/mol. The minimum atomic E-state index is 0.119. The van der Waals surface area contributed by atoms with Crippen molar-refractivity contribution < 1.29 is 9.15 Å². The van der Waals surface area contributed by atoms with Gasteiger partial charge in [0.15, 0.2) is 0 Å². The maximum Gasteiger partial charge on any atom is 0.218 e. The SMILES string of the molecule is Cc1ccc(C(C)NCc2cccnc2OC(C)C)o1. The molecule has 2 aromatic rings. The van der Waals surface area contributed by atoms with Gasteiger partial charge in [-0.05, 0) is 45.9 Å². The summed E-state index contributed by atoms with van der Waals surface area (Å²) >= 11 is 0. The second kappa shape index (κ2) is 6.57. The number of furan rings is 1. The molecular formula is C16H22N2O2. The lowest BCUT2D eigenvalue weighted by molar-refractivity contribution is 0.229. The second-order valence-corrected chi connectivity index (χ2v) is 5.19. The van der Waals surface area contributed by atoms with Gasteiger partial charge in [0, 0.05) is 18.3 Å². The Hall–Kier alpha value is -1.81. The van der Waals surface area contributed by atoms with Crippen molar-refractivity contribution in [3.63, 3.8) is 0 Å². The fourth-order valence-electron chi connectivity index (χ4n) is 1.94. The third kappa shape index (κ3) is 3.84. The quantitative estimate of drug-likeness (QED) is 0.874. The minimum absolute atomic E-state index is 0.119. The Morgan fingerprint density at radius 2 is 2.05 bits per heavy atom. The molecule has 0 amide bonds. The summed E-state index contributed by atoms with van der Waals surface area (Å²) in [4.78, 5) is 4.29. The molecule has 0 spiro atoms. The van der Waals surface area contributed by atoms with Crippen LogP contribution in [0.2, 0.25) is 0 Å². The summed E-state index contributed by atoms with van der Waals surface area (Å²) in [5, 5.41) is 3.43. The van der Waals surface area contributed by atoms with Gasteiger partial charge >= 0.3 is 0 Å². The first-order valence-corrected chi connectivity index (χ1v) is 6.96. The van der Waals surface area contributed by atoms with Crippen LogP contribution in [0.25, 0.3) is 0 Å². The highest BCUT2D eigenvalue weighted by Gasteiger charge is 2.11. The highest BCUT2D eigenvalue weighted by molar-refractivity contribution is 5.25. The molecule has 0 aliphatic rings. The smallest absolute Gasteiger partial charge is 0.218 e. The van der Waals surface area contributed by atoms with Gasteiger partial charge in [0.25, 0.3) is 0 Å². The zero-order valence-electron chi connectivity index (χ0n) is 12.5. The number of pyridine rings is 1. The standard InChI is InChI=1S/C16H22N2O2/c1-11(2)19-16-14(6-5-9-17-16)10-18-13(4)15-8-7-12(3)20-15/h5-9,11,13,18H,10H2,1-4H3. The Labute approximate surface area is 120 Å². The highest BCUT2D eigenvalue weighted by Crippen LogP contribution is 2.19.